The van der Waals surface area contributed by atoms with E-state index in [2.05, 4.69) is 16.0 Å². The van der Waals surface area contributed by atoms with Crippen LogP contribution in [0.2, 0.25) is 0 Å². The van der Waals surface area contributed by atoms with Crippen molar-refractivity contribution in [3.63, 3.8) is 0 Å². The highest BCUT2D eigenvalue weighted by atomic mass is 16.5. The van der Waals surface area contributed by atoms with Crippen LogP contribution >= 0.6 is 0 Å². The third kappa shape index (κ3) is 6.34. The molecule has 7 nitrogen and oxygen atoms in total. The second kappa shape index (κ2) is 9.91. The third-order valence-corrected chi connectivity index (χ3v) is 4.94. The number of carbonyl (C=O) groups excluding carboxylic acids is 3. The first-order valence-corrected chi connectivity index (χ1v) is 10.1. The lowest BCUT2D eigenvalue weighted by molar-refractivity contribution is -0.122. The number of ether oxygens (including phenoxy) is 1. The molecule has 1 aliphatic rings. The summed E-state index contributed by atoms with van der Waals surface area (Å²) in [6.45, 7) is 4.69. The molecule has 158 valence electrons. The van der Waals surface area contributed by atoms with E-state index >= 15 is 0 Å². The number of rotatable bonds is 9. The molecular formula is C23H27N3O4. The fourth-order valence-corrected chi connectivity index (χ4v) is 2.81. The van der Waals surface area contributed by atoms with E-state index in [1.165, 1.54) is 5.56 Å². The van der Waals surface area contributed by atoms with Crippen molar-refractivity contribution in [2.45, 2.75) is 26.7 Å². The van der Waals surface area contributed by atoms with Gasteiger partial charge in [0, 0.05) is 30.3 Å². The molecule has 2 aromatic carbocycles. The first-order valence-electron chi connectivity index (χ1n) is 10.1. The lowest BCUT2D eigenvalue weighted by Crippen LogP contribution is -2.35. The van der Waals surface area contributed by atoms with E-state index < -0.39 is 0 Å². The van der Waals surface area contributed by atoms with Crippen molar-refractivity contribution >= 4 is 23.4 Å². The van der Waals surface area contributed by atoms with E-state index in [0.717, 1.165) is 18.4 Å². The van der Waals surface area contributed by atoms with Crippen molar-refractivity contribution in [2.24, 2.45) is 5.92 Å². The van der Waals surface area contributed by atoms with Gasteiger partial charge in [-0.3, -0.25) is 14.4 Å². The van der Waals surface area contributed by atoms with Gasteiger partial charge in [-0.1, -0.05) is 6.07 Å². The molecule has 2 aromatic rings. The van der Waals surface area contributed by atoms with Crippen molar-refractivity contribution in [1.82, 2.24) is 10.6 Å². The van der Waals surface area contributed by atoms with Crippen LogP contribution < -0.4 is 20.7 Å². The van der Waals surface area contributed by atoms with Crippen LogP contribution in [0.5, 0.6) is 5.75 Å². The average Bonchev–Trinajstić information content (AvgIpc) is 3.58. The molecule has 0 aromatic heterocycles. The summed E-state index contributed by atoms with van der Waals surface area (Å²) in [7, 11) is 0. The zero-order chi connectivity index (χ0) is 21.5. The lowest BCUT2D eigenvalue weighted by atomic mass is 10.1. The van der Waals surface area contributed by atoms with E-state index in [1.54, 1.807) is 24.3 Å². The zero-order valence-electron chi connectivity index (χ0n) is 17.3. The molecule has 1 fully saturated rings. The Balaban J connectivity index is 1.39. The predicted molar refractivity (Wildman–Crippen MR) is 115 cm³/mol. The van der Waals surface area contributed by atoms with Crippen LogP contribution in [0.4, 0.5) is 5.69 Å². The summed E-state index contributed by atoms with van der Waals surface area (Å²) in [5.74, 6) is 0.359. The van der Waals surface area contributed by atoms with Crippen molar-refractivity contribution in [3.05, 3.63) is 59.2 Å². The predicted octanol–water partition coefficient (Wildman–Crippen LogP) is 2.58. The van der Waals surface area contributed by atoms with Gasteiger partial charge in [-0.15, -0.1) is 0 Å². The number of anilines is 1. The van der Waals surface area contributed by atoms with Crippen LogP contribution in [0.1, 0.15) is 34.3 Å². The van der Waals surface area contributed by atoms with Crippen LogP contribution in [0.15, 0.2) is 42.5 Å². The minimum atomic E-state index is -0.281. The van der Waals surface area contributed by atoms with E-state index in [4.69, 9.17) is 4.74 Å². The fraction of sp³-hybridized carbons (Fsp3) is 0.348. The van der Waals surface area contributed by atoms with Crippen molar-refractivity contribution in [2.75, 3.05) is 25.0 Å². The van der Waals surface area contributed by atoms with Gasteiger partial charge in [0.1, 0.15) is 5.75 Å². The van der Waals surface area contributed by atoms with Gasteiger partial charge in [-0.2, -0.15) is 0 Å². The van der Waals surface area contributed by atoms with Crippen molar-refractivity contribution in [3.8, 4) is 5.75 Å². The summed E-state index contributed by atoms with van der Waals surface area (Å²) < 4.78 is 5.52. The molecule has 3 amide bonds. The monoisotopic (exact) mass is 409 g/mol. The van der Waals surface area contributed by atoms with Gasteiger partial charge in [0.25, 0.3) is 11.8 Å². The quantitative estimate of drug-likeness (QED) is 0.555. The van der Waals surface area contributed by atoms with Gasteiger partial charge in [-0.05, 0) is 74.2 Å². The van der Waals surface area contributed by atoms with Gasteiger partial charge in [0.15, 0.2) is 6.61 Å². The van der Waals surface area contributed by atoms with E-state index in [1.807, 2.05) is 32.0 Å². The number of aryl methyl sites for hydroxylation is 2. The van der Waals surface area contributed by atoms with Gasteiger partial charge < -0.3 is 20.7 Å². The Morgan fingerprint density at radius 2 is 1.63 bits per heavy atom. The van der Waals surface area contributed by atoms with Gasteiger partial charge in [0.2, 0.25) is 5.91 Å². The van der Waals surface area contributed by atoms with E-state index in [0.29, 0.717) is 30.1 Å². The molecule has 0 saturated heterocycles. The highest BCUT2D eigenvalue weighted by Crippen LogP contribution is 2.28. The van der Waals surface area contributed by atoms with Gasteiger partial charge >= 0.3 is 0 Å². The van der Waals surface area contributed by atoms with E-state index in [-0.39, 0.29) is 30.2 Å². The summed E-state index contributed by atoms with van der Waals surface area (Å²) in [6, 6.07) is 12.3. The highest BCUT2D eigenvalue weighted by Gasteiger charge is 2.28. The third-order valence-electron chi connectivity index (χ3n) is 4.94. The molecule has 1 saturated carbocycles. The molecule has 3 rings (SSSR count). The number of hydrogen-bond acceptors (Lipinski definition) is 4. The molecule has 0 radical (unpaired) electrons. The number of amides is 3. The average molecular weight is 409 g/mol. The summed E-state index contributed by atoms with van der Waals surface area (Å²) in [5.41, 5.74) is 3.33. The molecule has 30 heavy (non-hydrogen) atoms. The molecule has 7 heteroatoms. The molecular weight excluding hydrogens is 382 g/mol. The Morgan fingerprint density at radius 1 is 0.933 bits per heavy atom. The molecule has 0 bridgehead atoms. The number of benzene rings is 2. The molecule has 0 atom stereocenters. The number of carbonyl (C=O) groups is 3. The van der Waals surface area contributed by atoms with Crippen LogP contribution in [-0.4, -0.2) is 37.4 Å². The Morgan fingerprint density at radius 3 is 2.30 bits per heavy atom. The largest absolute Gasteiger partial charge is 0.484 e. The normalized spacial score (nSPS) is 12.7. The number of nitrogens with one attached hydrogen (secondary N) is 3. The standard InChI is InChI=1S/C23H27N3O4/c1-15-3-10-20(13-16(15)2)30-14-21(27)26-19-8-6-18(7-9-19)23(29)25-12-11-24-22(28)17-4-5-17/h3,6-10,13,17H,4-5,11-12,14H2,1-2H3,(H,24,28)(H,25,29)(H,26,27). The second-order valence-corrected chi connectivity index (χ2v) is 7.48. The minimum Gasteiger partial charge on any atom is -0.484 e. The van der Waals surface area contributed by atoms with Crippen LogP contribution in [-0.2, 0) is 9.59 Å². The smallest absolute Gasteiger partial charge is 0.262 e. The minimum absolute atomic E-state index is 0.0610. The van der Waals surface area contributed by atoms with Crippen LogP contribution in [0.25, 0.3) is 0 Å². The summed E-state index contributed by atoms with van der Waals surface area (Å²) in [4.78, 5) is 35.8. The van der Waals surface area contributed by atoms with Crippen molar-refractivity contribution in [1.29, 1.82) is 0 Å². The molecule has 3 N–H and O–H groups in total. The Bertz CT molecular complexity index is 921. The molecule has 0 unspecified atom stereocenters. The first-order chi connectivity index (χ1) is 14.4. The molecule has 0 spiro atoms. The maximum atomic E-state index is 12.1. The number of hydrogen-bond donors (Lipinski definition) is 3. The zero-order valence-corrected chi connectivity index (χ0v) is 17.3. The fourth-order valence-electron chi connectivity index (χ4n) is 2.81. The highest BCUT2D eigenvalue weighted by molar-refractivity contribution is 5.96. The topological polar surface area (TPSA) is 96.5 Å². The second-order valence-electron chi connectivity index (χ2n) is 7.48. The molecule has 1 aliphatic carbocycles. The summed E-state index contributed by atoms with van der Waals surface area (Å²) in [5, 5.41) is 8.30. The lowest BCUT2D eigenvalue weighted by Gasteiger charge is -2.10. The SMILES string of the molecule is Cc1ccc(OCC(=O)Nc2ccc(C(=O)NCCNC(=O)C3CC3)cc2)cc1C. The van der Waals surface area contributed by atoms with Gasteiger partial charge in [-0.25, -0.2) is 0 Å². The van der Waals surface area contributed by atoms with Gasteiger partial charge in [0.05, 0.1) is 0 Å². The Labute approximate surface area is 176 Å². The summed E-state index contributed by atoms with van der Waals surface area (Å²) in [6.07, 6.45) is 1.91. The first kappa shape index (κ1) is 21.4. The Kier molecular flexibility index (Phi) is 7.06. The molecule has 0 aliphatic heterocycles. The van der Waals surface area contributed by atoms with Crippen molar-refractivity contribution < 1.29 is 19.1 Å². The maximum Gasteiger partial charge on any atom is 0.262 e. The summed E-state index contributed by atoms with van der Waals surface area (Å²) >= 11 is 0. The Hall–Kier alpha value is -3.35. The van der Waals surface area contributed by atoms with E-state index in [9.17, 15) is 14.4 Å². The van der Waals surface area contributed by atoms with Crippen LogP contribution in [0.3, 0.4) is 0 Å². The maximum absolute atomic E-state index is 12.1. The molecule has 0 heterocycles. The van der Waals surface area contributed by atoms with Crippen LogP contribution in [0, 0.1) is 19.8 Å².